The molecule has 0 amide bonds. The van der Waals surface area contributed by atoms with Gasteiger partial charge in [-0.05, 0) is 36.5 Å². The molecule has 5 nitrogen and oxygen atoms in total. The number of hydrogen-bond acceptors (Lipinski definition) is 4. The van der Waals surface area contributed by atoms with Crippen LogP contribution >= 0.6 is 35.4 Å². The molecule has 0 bridgehead atoms. The first-order chi connectivity index (χ1) is 11.5. The molecular formula is C16H15Cl2N3O2S. The summed E-state index contributed by atoms with van der Waals surface area (Å²) in [5.74, 6) is 1.10. The highest BCUT2D eigenvalue weighted by Crippen LogP contribution is 2.31. The number of nitrogens with two attached hydrogens (primary N) is 1. The summed E-state index contributed by atoms with van der Waals surface area (Å²) in [4.78, 5) is 0. The van der Waals surface area contributed by atoms with Crippen LogP contribution in [0, 0.1) is 0 Å². The maximum Gasteiger partial charge on any atom is 0.184 e. The highest BCUT2D eigenvalue weighted by molar-refractivity contribution is 7.80. The van der Waals surface area contributed by atoms with E-state index in [-0.39, 0.29) is 11.7 Å². The van der Waals surface area contributed by atoms with Crippen molar-refractivity contribution in [1.82, 2.24) is 5.43 Å². The number of methoxy groups -OCH3 is 1. The first-order valence-corrected chi connectivity index (χ1v) is 8.00. The van der Waals surface area contributed by atoms with E-state index in [2.05, 4.69) is 10.5 Å². The third-order valence-corrected chi connectivity index (χ3v) is 3.67. The van der Waals surface area contributed by atoms with Crippen LogP contribution < -0.4 is 20.6 Å². The van der Waals surface area contributed by atoms with Crippen molar-refractivity contribution < 1.29 is 9.47 Å². The van der Waals surface area contributed by atoms with Crippen LogP contribution in [0.4, 0.5) is 0 Å². The maximum atomic E-state index is 6.17. The highest BCUT2D eigenvalue weighted by Gasteiger charge is 2.11. The van der Waals surface area contributed by atoms with Crippen LogP contribution in [0.1, 0.15) is 11.1 Å². The lowest BCUT2D eigenvalue weighted by atomic mass is 10.2. The molecule has 0 heterocycles. The van der Waals surface area contributed by atoms with E-state index < -0.39 is 0 Å². The Hall–Kier alpha value is -2.02. The molecule has 24 heavy (non-hydrogen) atoms. The topological polar surface area (TPSA) is 68.9 Å². The molecule has 0 unspecified atom stereocenters. The Balaban J connectivity index is 2.23. The van der Waals surface area contributed by atoms with E-state index >= 15 is 0 Å². The van der Waals surface area contributed by atoms with E-state index in [1.807, 2.05) is 18.2 Å². The Morgan fingerprint density at radius 1 is 1.33 bits per heavy atom. The Kier molecular flexibility index (Phi) is 6.66. The van der Waals surface area contributed by atoms with Crippen molar-refractivity contribution in [2.75, 3.05) is 7.11 Å². The van der Waals surface area contributed by atoms with E-state index in [1.54, 1.807) is 31.5 Å². The van der Waals surface area contributed by atoms with Crippen molar-refractivity contribution in [3.63, 3.8) is 0 Å². The van der Waals surface area contributed by atoms with Gasteiger partial charge in [0.05, 0.1) is 13.3 Å². The van der Waals surface area contributed by atoms with Crippen molar-refractivity contribution in [2.24, 2.45) is 10.8 Å². The number of ether oxygens (including phenoxy) is 2. The average molecular weight is 384 g/mol. The number of hydrazone groups is 1. The van der Waals surface area contributed by atoms with Gasteiger partial charge in [-0.1, -0.05) is 35.3 Å². The second kappa shape index (κ2) is 8.73. The number of nitrogens with one attached hydrogen (secondary N) is 1. The summed E-state index contributed by atoms with van der Waals surface area (Å²) in [6, 6.07) is 10.7. The molecule has 0 aliphatic heterocycles. The highest BCUT2D eigenvalue weighted by atomic mass is 35.5. The van der Waals surface area contributed by atoms with Crippen molar-refractivity contribution in [3.8, 4) is 11.5 Å². The van der Waals surface area contributed by atoms with Crippen molar-refractivity contribution in [1.29, 1.82) is 0 Å². The number of nitrogens with zero attached hydrogens (tertiary/aromatic N) is 1. The molecule has 2 aromatic rings. The normalized spacial score (nSPS) is 10.6. The molecule has 0 spiro atoms. The predicted octanol–water partition coefficient (Wildman–Crippen LogP) is 3.75. The summed E-state index contributed by atoms with van der Waals surface area (Å²) < 4.78 is 11.2. The standard InChI is InChI=1S/C16H15Cl2N3O2S/c1-22-14-4-2-3-10(8-20-21-16(19)24)15(14)23-9-11-5-6-12(17)7-13(11)18/h2-8H,9H2,1H3,(H3,19,21,24). The molecule has 0 atom stereocenters. The van der Waals surface area contributed by atoms with Gasteiger partial charge >= 0.3 is 0 Å². The third-order valence-electron chi connectivity index (χ3n) is 2.99. The molecule has 126 valence electrons. The van der Waals surface area contributed by atoms with Gasteiger partial charge in [-0.2, -0.15) is 5.10 Å². The van der Waals surface area contributed by atoms with Crippen LogP contribution in [0.5, 0.6) is 11.5 Å². The molecule has 8 heteroatoms. The Morgan fingerprint density at radius 3 is 2.79 bits per heavy atom. The van der Waals surface area contributed by atoms with E-state index in [0.29, 0.717) is 27.1 Å². The fourth-order valence-electron chi connectivity index (χ4n) is 1.90. The molecular weight excluding hydrogens is 369 g/mol. The van der Waals surface area contributed by atoms with Crippen LogP contribution in [0.25, 0.3) is 0 Å². The Morgan fingerprint density at radius 2 is 2.12 bits per heavy atom. The summed E-state index contributed by atoms with van der Waals surface area (Å²) in [7, 11) is 1.56. The molecule has 0 aliphatic rings. The van der Waals surface area contributed by atoms with Gasteiger partial charge in [0.25, 0.3) is 0 Å². The van der Waals surface area contributed by atoms with Crippen LogP contribution in [0.2, 0.25) is 10.0 Å². The molecule has 0 saturated carbocycles. The third kappa shape index (κ3) is 4.99. The number of para-hydroxylation sites is 1. The minimum absolute atomic E-state index is 0.0737. The Labute approximate surface area is 155 Å². The number of thiocarbonyl (C=S) groups is 1. The smallest absolute Gasteiger partial charge is 0.184 e. The SMILES string of the molecule is COc1cccc(C=NNC(N)=S)c1OCc1ccc(Cl)cc1Cl. The molecule has 0 aromatic heterocycles. The van der Waals surface area contributed by atoms with Gasteiger partial charge in [0.15, 0.2) is 16.6 Å². The zero-order valence-electron chi connectivity index (χ0n) is 12.8. The lowest BCUT2D eigenvalue weighted by Crippen LogP contribution is -2.24. The predicted molar refractivity (Wildman–Crippen MR) is 101 cm³/mol. The van der Waals surface area contributed by atoms with Crippen molar-refractivity contribution in [2.45, 2.75) is 6.61 Å². The molecule has 0 aliphatic carbocycles. The largest absolute Gasteiger partial charge is 0.493 e. The maximum absolute atomic E-state index is 6.17. The molecule has 3 N–H and O–H groups in total. The zero-order chi connectivity index (χ0) is 17.5. The lowest BCUT2D eigenvalue weighted by molar-refractivity contribution is 0.284. The van der Waals surface area contributed by atoms with Gasteiger partial charge in [-0.25, -0.2) is 0 Å². The fraction of sp³-hybridized carbons (Fsp3) is 0.125. The summed E-state index contributed by atoms with van der Waals surface area (Å²) >= 11 is 16.8. The first-order valence-electron chi connectivity index (χ1n) is 6.83. The number of benzene rings is 2. The van der Waals surface area contributed by atoms with Crippen molar-refractivity contribution in [3.05, 3.63) is 57.6 Å². The van der Waals surface area contributed by atoms with Crippen LogP contribution in [0.15, 0.2) is 41.5 Å². The van der Waals surface area contributed by atoms with E-state index in [4.69, 9.17) is 50.6 Å². The zero-order valence-corrected chi connectivity index (χ0v) is 15.1. The summed E-state index contributed by atoms with van der Waals surface area (Å²) in [6.07, 6.45) is 1.54. The van der Waals surface area contributed by atoms with E-state index in [0.717, 1.165) is 5.56 Å². The van der Waals surface area contributed by atoms with Gasteiger partial charge in [-0.15, -0.1) is 0 Å². The minimum Gasteiger partial charge on any atom is -0.493 e. The van der Waals surface area contributed by atoms with Crippen LogP contribution in [-0.4, -0.2) is 18.4 Å². The molecule has 2 rings (SSSR count). The minimum atomic E-state index is 0.0737. The first kappa shape index (κ1) is 18.3. The van der Waals surface area contributed by atoms with Crippen molar-refractivity contribution >= 4 is 46.7 Å². The Bertz CT molecular complexity index is 769. The number of halogens is 2. The van der Waals surface area contributed by atoms with Gasteiger partial charge in [0, 0.05) is 21.2 Å². The van der Waals surface area contributed by atoms with Gasteiger partial charge < -0.3 is 15.2 Å². The molecule has 0 fully saturated rings. The number of hydrogen-bond donors (Lipinski definition) is 2. The molecule has 2 aromatic carbocycles. The van der Waals surface area contributed by atoms with Crippen LogP contribution in [-0.2, 0) is 6.61 Å². The van der Waals surface area contributed by atoms with Gasteiger partial charge in [-0.3, -0.25) is 5.43 Å². The van der Waals surface area contributed by atoms with E-state index in [9.17, 15) is 0 Å². The lowest BCUT2D eigenvalue weighted by Gasteiger charge is -2.14. The average Bonchev–Trinajstić information content (AvgIpc) is 2.54. The molecule has 0 saturated heterocycles. The van der Waals surface area contributed by atoms with Gasteiger partial charge in [0.2, 0.25) is 0 Å². The number of rotatable bonds is 6. The second-order valence-electron chi connectivity index (χ2n) is 4.64. The second-order valence-corrected chi connectivity index (χ2v) is 5.92. The summed E-state index contributed by atoms with van der Waals surface area (Å²) in [6.45, 7) is 0.250. The fourth-order valence-corrected chi connectivity index (χ4v) is 2.42. The quantitative estimate of drug-likeness (QED) is 0.451. The molecule has 0 radical (unpaired) electrons. The summed E-state index contributed by atoms with van der Waals surface area (Å²) in [5, 5.41) is 5.11. The monoisotopic (exact) mass is 383 g/mol. The van der Waals surface area contributed by atoms with Gasteiger partial charge in [0.1, 0.15) is 6.61 Å². The van der Waals surface area contributed by atoms with E-state index in [1.165, 1.54) is 0 Å². The van der Waals surface area contributed by atoms with Crippen LogP contribution in [0.3, 0.4) is 0 Å². The summed E-state index contributed by atoms with van der Waals surface area (Å²) in [5.41, 5.74) is 9.33.